The molecule has 0 aliphatic carbocycles. The van der Waals surface area contributed by atoms with Crippen molar-refractivity contribution >= 4 is 17.8 Å². The Morgan fingerprint density at radius 3 is 2.15 bits per heavy atom. The molecule has 0 heterocycles. The zero-order valence-electron chi connectivity index (χ0n) is 14.8. The lowest BCUT2D eigenvalue weighted by atomic mass is 10.0. The summed E-state index contributed by atoms with van der Waals surface area (Å²) in [6.07, 6.45) is 2.27. The summed E-state index contributed by atoms with van der Waals surface area (Å²) in [5, 5.41) is 9.24. The third kappa shape index (κ3) is 4.88. The Morgan fingerprint density at radius 1 is 0.923 bits per heavy atom. The maximum absolute atomic E-state index is 8.95. The SMILES string of the molecule is C/C(=C\c1ccccc1)C(SCc1ccc(C#N)cc1)c1ccccc1. The number of thioether (sulfide) groups is 1. The van der Waals surface area contributed by atoms with Crippen LogP contribution < -0.4 is 0 Å². The van der Waals surface area contributed by atoms with Crippen molar-refractivity contribution < 1.29 is 0 Å². The highest BCUT2D eigenvalue weighted by molar-refractivity contribution is 7.99. The molecule has 0 aliphatic heterocycles. The number of nitrogens with zero attached hydrogens (tertiary/aromatic N) is 1. The molecule has 0 aromatic heterocycles. The van der Waals surface area contributed by atoms with Gasteiger partial charge in [-0.2, -0.15) is 5.26 Å². The second kappa shape index (κ2) is 9.08. The molecule has 0 spiro atoms. The molecule has 3 aromatic carbocycles. The Morgan fingerprint density at radius 2 is 1.54 bits per heavy atom. The van der Waals surface area contributed by atoms with Crippen LogP contribution in [0, 0.1) is 11.3 Å². The zero-order valence-corrected chi connectivity index (χ0v) is 15.6. The van der Waals surface area contributed by atoms with Gasteiger partial charge in [-0.05, 0) is 35.7 Å². The van der Waals surface area contributed by atoms with Crippen LogP contribution in [0.5, 0.6) is 0 Å². The molecule has 26 heavy (non-hydrogen) atoms. The molecule has 1 atom stereocenters. The fourth-order valence-electron chi connectivity index (χ4n) is 2.86. The summed E-state index contributed by atoms with van der Waals surface area (Å²) >= 11 is 1.92. The van der Waals surface area contributed by atoms with Crippen molar-refractivity contribution in [3.05, 3.63) is 113 Å². The molecule has 0 saturated carbocycles. The standard InChI is InChI=1S/C24H21NS/c1-19(16-20-8-4-2-5-9-20)24(23-10-6-3-7-11-23)26-18-22-14-12-21(17-25)13-15-22/h2-16,24H,18H2,1H3/b19-16+. The fraction of sp³-hybridized carbons (Fsp3) is 0.125. The maximum atomic E-state index is 8.95. The van der Waals surface area contributed by atoms with Crippen LogP contribution >= 0.6 is 11.8 Å². The summed E-state index contributed by atoms with van der Waals surface area (Å²) in [4.78, 5) is 0. The summed E-state index contributed by atoms with van der Waals surface area (Å²) in [5.41, 5.74) is 5.82. The molecule has 128 valence electrons. The average Bonchev–Trinajstić information content (AvgIpc) is 2.70. The van der Waals surface area contributed by atoms with Gasteiger partial charge in [0.1, 0.15) is 0 Å². The molecule has 0 radical (unpaired) electrons. The Bertz CT molecular complexity index is 890. The van der Waals surface area contributed by atoms with Gasteiger partial charge in [-0.3, -0.25) is 0 Å². The van der Waals surface area contributed by atoms with Crippen molar-refractivity contribution in [3.8, 4) is 6.07 Å². The third-order valence-corrected chi connectivity index (χ3v) is 5.69. The molecular weight excluding hydrogens is 334 g/mol. The maximum Gasteiger partial charge on any atom is 0.0991 e. The highest BCUT2D eigenvalue weighted by Crippen LogP contribution is 2.38. The van der Waals surface area contributed by atoms with E-state index >= 15 is 0 Å². The third-order valence-electron chi connectivity index (χ3n) is 4.21. The molecule has 0 aliphatic rings. The number of hydrogen-bond donors (Lipinski definition) is 0. The molecule has 3 rings (SSSR count). The second-order valence-corrected chi connectivity index (χ2v) is 7.30. The van der Waals surface area contributed by atoms with E-state index in [1.165, 1.54) is 22.3 Å². The van der Waals surface area contributed by atoms with Gasteiger partial charge in [-0.15, -0.1) is 11.8 Å². The van der Waals surface area contributed by atoms with Crippen molar-refractivity contribution in [1.29, 1.82) is 5.26 Å². The molecule has 3 aromatic rings. The molecule has 0 amide bonds. The van der Waals surface area contributed by atoms with Crippen molar-refractivity contribution in [2.75, 3.05) is 0 Å². The van der Waals surface area contributed by atoms with Crippen LogP contribution in [0.4, 0.5) is 0 Å². The summed E-state index contributed by atoms with van der Waals surface area (Å²) < 4.78 is 0. The summed E-state index contributed by atoms with van der Waals surface area (Å²) in [6.45, 7) is 2.20. The van der Waals surface area contributed by atoms with E-state index in [0.717, 1.165) is 5.75 Å². The van der Waals surface area contributed by atoms with Crippen LogP contribution in [0.15, 0.2) is 90.5 Å². The largest absolute Gasteiger partial charge is 0.192 e. The summed E-state index contributed by atoms with van der Waals surface area (Å²) in [5.74, 6) is 0.908. The van der Waals surface area contributed by atoms with Gasteiger partial charge in [0, 0.05) is 5.75 Å². The second-order valence-electron chi connectivity index (χ2n) is 6.21. The predicted molar refractivity (Wildman–Crippen MR) is 112 cm³/mol. The van der Waals surface area contributed by atoms with E-state index in [0.29, 0.717) is 10.8 Å². The molecule has 2 heteroatoms. The van der Waals surface area contributed by atoms with Gasteiger partial charge in [0.15, 0.2) is 0 Å². The van der Waals surface area contributed by atoms with Crippen LogP contribution in [0.3, 0.4) is 0 Å². The van der Waals surface area contributed by atoms with Crippen molar-refractivity contribution in [2.45, 2.75) is 17.9 Å². The topological polar surface area (TPSA) is 23.8 Å². The number of hydrogen-bond acceptors (Lipinski definition) is 2. The first-order valence-corrected chi connectivity index (χ1v) is 9.70. The summed E-state index contributed by atoms with van der Waals surface area (Å²) in [6, 6.07) is 31.1. The van der Waals surface area contributed by atoms with Gasteiger partial charge >= 0.3 is 0 Å². The monoisotopic (exact) mass is 355 g/mol. The zero-order chi connectivity index (χ0) is 18.2. The lowest BCUT2D eigenvalue weighted by Crippen LogP contribution is -1.97. The van der Waals surface area contributed by atoms with Crippen LogP contribution in [0.1, 0.15) is 34.4 Å². The normalized spacial score (nSPS) is 12.4. The Kier molecular flexibility index (Phi) is 6.30. The van der Waals surface area contributed by atoms with Crippen LogP contribution in [-0.2, 0) is 5.75 Å². The predicted octanol–water partition coefficient (Wildman–Crippen LogP) is 6.64. The van der Waals surface area contributed by atoms with E-state index in [4.69, 9.17) is 5.26 Å². The first-order chi connectivity index (χ1) is 12.8. The highest BCUT2D eigenvalue weighted by atomic mass is 32.2. The van der Waals surface area contributed by atoms with Crippen molar-refractivity contribution in [2.24, 2.45) is 0 Å². The van der Waals surface area contributed by atoms with Gasteiger partial charge in [-0.1, -0.05) is 84.4 Å². The summed E-state index contributed by atoms with van der Waals surface area (Å²) in [7, 11) is 0. The van der Waals surface area contributed by atoms with Crippen molar-refractivity contribution in [3.63, 3.8) is 0 Å². The van der Waals surface area contributed by atoms with E-state index in [9.17, 15) is 0 Å². The molecule has 0 saturated heterocycles. The Hall–Kier alpha value is -2.76. The minimum absolute atomic E-state index is 0.298. The van der Waals surface area contributed by atoms with E-state index in [2.05, 4.69) is 73.7 Å². The van der Waals surface area contributed by atoms with Crippen molar-refractivity contribution in [1.82, 2.24) is 0 Å². The van der Waals surface area contributed by atoms with Crippen LogP contribution in [-0.4, -0.2) is 0 Å². The minimum Gasteiger partial charge on any atom is -0.192 e. The molecule has 0 fully saturated rings. The van der Waals surface area contributed by atoms with Gasteiger partial charge in [0.25, 0.3) is 0 Å². The Balaban J connectivity index is 1.81. The van der Waals surface area contributed by atoms with E-state index in [-0.39, 0.29) is 0 Å². The molecule has 1 unspecified atom stereocenters. The number of rotatable bonds is 6. The molecule has 0 bridgehead atoms. The van der Waals surface area contributed by atoms with Crippen LogP contribution in [0.25, 0.3) is 6.08 Å². The average molecular weight is 356 g/mol. The lowest BCUT2D eigenvalue weighted by molar-refractivity contribution is 1.12. The van der Waals surface area contributed by atoms with Gasteiger partial charge < -0.3 is 0 Å². The lowest BCUT2D eigenvalue weighted by Gasteiger charge is -2.18. The minimum atomic E-state index is 0.298. The molecular formula is C24H21NS. The van der Waals surface area contributed by atoms with E-state index in [1.54, 1.807) is 0 Å². The Labute approximate surface area is 160 Å². The van der Waals surface area contributed by atoms with Crippen LogP contribution in [0.2, 0.25) is 0 Å². The quantitative estimate of drug-likeness (QED) is 0.495. The number of benzene rings is 3. The van der Waals surface area contributed by atoms with E-state index in [1.807, 2.05) is 42.1 Å². The van der Waals surface area contributed by atoms with Gasteiger partial charge in [0.2, 0.25) is 0 Å². The fourth-order valence-corrected chi connectivity index (χ4v) is 4.09. The molecule has 1 nitrogen and oxygen atoms in total. The number of nitriles is 1. The molecule has 0 N–H and O–H groups in total. The van der Waals surface area contributed by atoms with Gasteiger partial charge in [-0.25, -0.2) is 0 Å². The first-order valence-electron chi connectivity index (χ1n) is 8.65. The van der Waals surface area contributed by atoms with E-state index < -0.39 is 0 Å². The highest BCUT2D eigenvalue weighted by Gasteiger charge is 2.14. The van der Waals surface area contributed by atoms with Gasteiger partial charge in [0.05, 0.1) is 16.9 Å². The first kappa shape index (κ1) is 18.0. The smallest absolute Gasteiger partial charge is 0.0991 e.